The van der Waals surface area contributed by atoms with Crippen LogP contribution in [-0.2, 0) is 10.8 Å². The number of benzene rings is 1. The standard InChI is InChI=1S/C15H22O/c1-14(2,3)12-8-7-11(10-16)9-13(12)15(4,5)6/h7-10H,1-6H3. The minimum atomic E-state index is 0.0711. The van der Waals surface area contributed by atoms with Gasteiger partial charge in [-0.1, -0.05) is 53.7 Å². The predicted octanol–water partition coefficient (Wildman–Crippen LogP) is 4.09. The van der Waals surface area contributed by atoms with Crippen molar-refractivity contribution in [2.45, 2.75) is 52.4 Å². The Balaban J connectivity index is 3.45. The van der Waals surface area contributed by atoms with Crippen molar-refractivity contribution in [3.8, 4) is 0 Å². The van der Waals surface area contributed by atoms with Crippen molar-refractivity contribution < 1.29 is 4.79 Å². The lowest BCUT2D eigenvalue weighted by molar-refractivity contribution is 0.112. The lowest BCUT2D eigenvalue weighted by atomic mass is 9.75. The van der Waals surface area contributed by atoms with Gasteiger partial charge in [0.1, 0.15) is 6.29 Å². The third kappa shape index (κ3) is 2.72. The van der Waals surface area contributed by atoms with E-state index in [1.807, 2.05) is 12.1 Å². The summed E-state index contributed by atoms with van der Waals surface area (Å²) < 4.78 is 0. The zero-order valence-corrected chi connectivity index (χ0v) is 11.2. The predicted molar refractivity (Wildman–Crippen MR) is 69.2 cm³/mol. The largest absolute Gasteiger partial charge is 0.298 e. The fourth-order valence-electron chi connectivity index (χ4n) is 1.91. The van der Waals surface area contributed by atoms with Crippen molar-refractivity contribution >= 4 is 6.29 Å². The van der Waals surface area contributed by atoms with Gasteiger partial charge in [-0.05, 0) is 28.0 Å². The first-order valence-corrected chi connectivity index (χ1v) is 5.76. The molecule has 1 heteroatoms. The van der Waals surface area contributed by atoms with E-state index < -0.39 is 0 Å². The highest BCUT2D eigenvalue weighted by molar-refractivity contribution is 5.75. The first-order chi connectivity index (χ1) is 7.16. The van der Waals surface area contributed by atoms with Gasteiger partial charge in [0.2, 0.25) is 0 Å². The Morgan fingerprint density at radius 1 is 0.875 bits per heavy atom. The van der Waals surface area contributed by atoms with E-state index in [0.717, 1.165) is 11.8 Å². The van der Waals surface area contributed by atoms with Crippen molar-refractivity contribution in [3.05, 3.63) is 34.9 Å². The smallest absolute Gasteiger partial charge is 0.150 e. The molecule has 0 unspecified atom stereocenters. The van der Waals surface area contributed by atoms with Crippen LogP contribution in [0.15, 0.2) is 18.2 Å². The normalized spacial score (nSPS) is 12.6. The van der Waals surface area contributed by atoms with E-state index in [4.69, 9.17) is 0 Å². The van der Waals surface area contributed by atoms with Gasteiger partial charge < -0.3 is 0 Å². The SMILES string of the molecule is CC(C)(C)c1ccc(C=O)cc1C(C)(C)C. The summed E-state index contributed by atoms with van der Waals surface area (Å²) in [6, 6.07) is 6.01. The molecule has 0 aliphatic rings. The molecule has 0 aliphatic carbocycles. The molecule has 88 valence electrons. The Labute approximate surface area is 98.9 Å². The molecule has 1 aromatic rings. The number of carbonyl (C=O) groups excluding carboxylic acids is 1. The first-order valence-electron chi connectivity index (χ1n) is 5.76. The molecule has 0 spiro atoms. The van der Waals surface area contributed by atoms with E-state index in [9.17, 15) is 4.79 Å². The van der Waals surface area contributed by atoms with E-state index in [0.29, 0.717) is 0 Å². The maximum Gasteiger partial charge on any atom is 0.150 e. The average Bonchev–Trinajstić information content (AvgIpc) is 2.14. The van der Waals surface area contributed by atoms with Crippen molar-refractivity contribution in [2.75, 3.05) is 0 Å². The third-order valence-electron chi connectivity index (χ3n) is 2.80. The Kier molecular flexibility index (Phi) is 3.27. The maximum absolute atomic E-state index is 10.8. The summed E-state index contributed by atoms with van der Waals surface area (Å²) in [7, 11) is 0. The molecule has 16 heavy (non-hydrogen) atoms. The number of aldehydes is 1. The molecule has 0 N–H and O–H groups in total. The summed E-state index contributed by atoms with van der Waals surface area (Å²) >= 11 is 0. The Bertz CT molecular complexity index is 389. The molecule has 1 aromatic carbocycles. The molecule has 0 aromatic heterocycles. The summed E-state index contributed by atoms with van der Waals surface area (Å²) in [6.07, 6.45) is 0.918. The third-order valence-corrected chi connectivity index (χ3v) is 2.80. The van der Waals surface area contributed by atoms with E-state index in [1.165, 1.54) is 11.1 Å². The van der Waals surface area contributed by atoms with Gasteiger partial charge in [-0.25, -0.2) is 0 Å². The van der Waals surface area contributed by atoms with Gasteiger partial charge in [0.25, 0.3) is 0 Å². The zero-order valence-electron chi connectivity index (χ0n) is 11.2. The second kappa shape index (κ2) is 4.04. The lowest BCUT2D eigenvalue weighted by Gasteiger charge is -2.30. The molecule has 0 heterocycles. The molecule has 0 aliphatic heterocycles. The molecule has 0 atom stereocenters. The number of hydrogen-bond acceptors (Lipinski definition) is 1. The highest BCUT2D eigenvalue weighted by Crippen LogP contribution is 2.34. The molecule has 0 bridgehead atoms. The summed E-state index contributed by atoms with van der Waals surface area (Å²) in [5, 5.41) is 0. The van der Waals surface area contributed by atoms with Crippen LogP contribution in [0.25, 0.3) is 0 Å². The Morgan fingerprint density at radius 3 is 1.75 bits per heavy atom. The van der Waals surface area contributed by atoms with E-state index in [-0.39, 0.29) is 10.8 Å². The van der Waals surface area contributed by atoms with Crippen LogP contribution in [0.3, 0.4) is 0 Å². The average molecular weight is 218 g/mol. The van der Waals surface area contributed by atoms with Crippen LogP contribution in [0, 0.1) is 0 Å². The Hall–Kier alpha value is -1.11. The van der Waals surface area contributed by atoms with Crippen LogP contribution < -0.4 is 0 Å². The van der Waals surface area contributed by atoms with Gasteiger partial charge in [0.15, 0.2) is 0 Å². The Morgan fingerprint density at radius 2 is 1.38 bits per heavy atom. The number of hydrogen-bond donors (Lipinski definition) is 0. The van der Waals surface area contributed by atoms with Crippen LogP contribution in [0.5, 0.6) is 0 Å². The second-order valence-electron chi connectivity index (χ2n) is 6.42. The molecule has 0 fully saturated rings. The maximum atomic E-state index is 10.8. The van der Waals surface area contributed by atoms with Crippen molar-refractivity contribution in [1.29, 1.82) is 0 Å². The van der Waals surface area contributed by atoms with Crippen LogP contribution in [0.2, 0.25) is 0 Å². The molecular formula is C15H22O. The van der Waals surface area contributed by atoms with Gasteiger partial charge in [-0.15, -0.1) is 0 Å². The van der Waals surface area contributed by atoms with Crippen LogP contribution in [0.1, 0.15) is 63.0 Å². The zero-order chi connectivity index (χ0) is 12.6. The summed E-state index contributed by atoms with van der Waals surface area (Å²) in [6.45, 7) is 13.2. The fraction of sp³-hybridized carbons (Fsp3) is 0.533. The highest BCUT2D eigenvalue weighted by atomic mass is 16.1. The minimum absolute atomic E-state index is 0.0711. The van der Waals surface area contributed by atoms with Crippen molar-refractivity contribution in [3.63, 3.8) is 0 Å². The van der Waals surface area contributed by atoms with Crippen LogP contribution >= 0.6 is 0 Å². The topological polar surface area (TPSA) is 17.1 Å². The molecule has 0 saturated heterocycles. The minimum Gasteiger partial charge on any atom is -0.298 e. The highest BCUT2D eigenvalue weighted by Gasteiger charge is 2.24. The van der Waals surface area contributed by atoms with Gasteiger partial charge in [-0.2, -0.15) is 0 Å². The number of rotatable bonds is 1. The second-order valence-corrected chi connectivity index (χ2v) is 6.42. The van der Waals surface area contributed by atoms with E-state index >= 15 is 0 Å². The van der Waals surface area contributed by atoms with Gasteiger partial charge in [0.05, 0.1) is 0 Å². The van der Waals surface area contributed by atoms with Gasteiger partial charge in [0, 0.05) is 5.56 Å². The van der Waals surface area contributed by atoms with E-state index in [1.54, 1.807) is 0 Å². The summed E-state index contributed by atoms with van der Waals surface area (Å²) in [5.74, 6) is 0. The quantitative estimate of drug-likeness (QED) is 0.649. The molecule has 0 radical (unpaired) electrons. The fourth-order valence-corrected chi connectivity index (χ4v) is 1.91. The monoisotopic (exact) mass is 218 g/mol. The van der Waals surface area contributed by atoms with Gasteiger partial charge >= 0.3 is 0 Å². The van der Waals surface area contributed by atoms with Crippen molar-refractivity contribution in [1.82, 2.24) is 0 Å². The lowest BCUT2D eigenvalue weighted by Crippen LogP contribution is -2.22. The van der Waals surface area contributed by atoms with Crippen LogP contribution in [0.4, 0.5) is 0 Å². The van der Waals surface area contributed by atoms with Crippen molar-refractivity contribution in [2.24, 2.45) is 0 Å². The van der Waals surface area contributed by atoms with E-state index in [2.05, 4.69) is 47.6 Å². The summed E-state index contributed by atoms with van der Waals surface area (Å²) in [4.78, 5) is 10.8. The summed E-state index contributed by atoms with van der Waals surface area (Å²) in [5.41, 5.74) is 3.54. The van der Waals surface area contributed by atoms with Gasteiger partial charge in [-0.3, -0.25) is 4.79 Å². The molecular weight excluding hydrogens is 196 g/mol. The molecule has 1 nitrogen and oxygen atoms in total. The molecule has 0 saturated carbocycles. The molecule has 1 rings (SSSR count). The molecule has 0 amide bonds. The van der Waals surface area contributed by atoms with Crippen LogP contribution in [-0.4, -0.2) is 6.29 Å². The first kappa shape index (κ1) is 13.0. The number of carbonyl (C=O) groups is 1.